The van der Waals surface area contributed by atoms with Gasteiger partial charge in [-0.2, -0.15) is 0 Å². The highest BCUT2D eigenvalue weighted by molar-refractivity contribution is 6.31. The monoisotopic (exact) mass is 378 g/mol. The molecule has 0 unspecified atom stereocenters. The second-order valence-electron chi connectivity index (χ2n) is 6.99. The van der Waals surface area contributed by atoms with Gasteiger partial charge in [-0.25, -0.2) is 9.18 Å². The number of urea groups is 1. The SMILES string of the molecule is CC(C)(C)c1ccc(OCCCNC(=O)Nc2ccc(F)c(Cl)c2)cc1. The summed E-state index contributed by atoms with van der Waals surface area (Å²) < 4.78 is 18.7. The number of carbonyl (C=O) groups excluding carboxylic acids is 1. The van der Waals surface area contributed by atoms with Gasteiger partial charge in [0.15, 0.2) is 0 Å². The standard InChI is InChI=1S/C20H24ClFN2O2/c1-20(2,3)14-5-8-16(9-6-14)26-12-4-11-23-19(25)24-15-7-10-18(22)17(21)13-15/h5-10,13H,4,11-12H2,1-3H3,(H2,23,24,25). The first-order valence-electron chi connectivity index (χ1n) is 8.49. The number of ether oxygens (including phenoxy) is 1. The summed E-state index contributed by atoms with van der Waals surface area (Å²) >= 11 is 5.67. The van der Waals surface area contributed by atoms with Gasteiger partial charge in [-0.3, -0.25) is 0 Å². The van der Waals surface area contributed by atoms with E-state index in [1.807, 2.05) is 12.1 Å². The summed E-state index contributed by atoms with van der Waals surface area (Å²) in [6.45, 7) is 7.46. The normalized spacial score (nSPS) is 11.1. The Balaban J connectivity index is 1.67. The van der Waals surface area contributed by atoms with Crippen LogP contribution in [-0.2, 0) is 5.41 Å². The number of benzene rings is 2. The molecule has 6 heteroatoms. The van der Waals surface area contributed by atoms with Crippen LogP contribution in [0.3, 0.4) is 0 Å². The zero-order valence-corrected chi connectivity index (χ0v) is 16.0. The molecule has 0 aliphatic rings. The molecule has 0 radical (unpaired) electrons. The lowest BCUT2D eigenvalue weighted by atomic mass is 9.87. The van der Waals surface area contributed by atoms with Gasteiger partial charge in [0.25, 0.3) is 0 Å². The average molecular weight is 379 g/mol. The molecule has 0 fully saturated rings. The Hall–Kier alpha value is -2.27. The van der Waals surface area contributed by atoms with Crippen molar-refractivity contribution in [1.82, 2.24) is 5.32 Å². The van der Waals surface area contributed by atoms with E-state index in [0.29, 0.717) is 25.3 Å². The number of halogens is 2. The molecule has 2 rings (SSSR count). The average Bonchev–Trinajstić information content (AvgIpc) is 2.57. The van der Waals surface area contributed by atoms with Crippen molar-refractivity contribution in [1.29, 1.82) is 0 Å². The maximum atomic E-state index is 13.1. The van der Waals surface area contributed by atoms with Crippen LogP contribution in [-0.4, -0.2) is 19.2 Å². The number of rotatable bonds is 6. The highest BCUT2D eigenvalue weighted by atomic mass is 35.5. The molecule has 0 saturated carbocycles. The van der Waals surface area contributed by atoms with Gasteiger partial charge in [0.1, 0.15) is 11.6 Å². The predicted octanol–water partition coefficient (Wildman–Crippen LogP) is 5.37. The molecule has 26 heavy (non-hydrogen) atoms. The highest BCUT2D eigenvalue weighted by Gasteiger charge is 2.12. The maximum Gasteiger partial charge on any atom is 0.319 e. The van der Waals surface area contributed by atoms with E-state index in [9.17, 15) is 9.18 Å². The number of hydrogen-bond donors (Lipinski definition) is 2. The summed E-state index contributed by atoms with van der Waals surface area (Å²) in [6, 6.07) is 11.7. The van der Waals surface area contributed by atoms with Gasteiger partial charge in [0.05, 0.1) is 11.6 Å². The lowest BCUT2D eigenvalue weighted by Crippen LogP contribution is -2.30. The van der Waals surface area contributed by atoms with Gasteiger partial charge in [0, 0.05) is 12.2 Å². The van der Waals surface area contributed by atoms with Gasteiger partial charge in [-0.05, 0) is 47.7 Å². The van der Waals surface area contributed by atoms with E-state index in [4.69, 9.17) is 16.3 Å². The van der Waals surface area contributed by atoms with Crippen molar-refractivity contribution in [2.45, 2.75) is 32.6 Å². The first kappa shape index (κ1) is 20.0. The molecule has 2 aromatic rings. The van der Waals surface area contributed by atoms with Crippen LogP contribution in [0.1, 0.15) is 32.8 Å². The van der Waals surface area contributed by atoms with Crippen LogP contribution in [0.15, 0.2) is 42.5 Å². The highest BCUT2D eigenvalue weighted by Crippen LogP contribution is 2.24. The number of carbonyl (C=O) groups is 1. The summed E-state index contributed by atoms with van der Waals surface area (Å²) in [5, 5.41) is 5.28. The Bertz CT molecular complexity index is 742. The second-order valence-corrected chi connectivity index (χ2v) is 7.39. The number of amides is 2. The van der Waals surface area contributed by atoms with E-state index in [-0.39, 0.29) is 16.5 Å². The molecule has 0 aliphatic heterocycles. The fraction of sp³-hybridized carbons (Fsp3) is 0.350. The molecule has 140 valence electrons. The van der Waals surface area contributed by atoms with Gasteiger partial charge in [0.2, 0.25) is 0 Å². The number of anilines is 1. The van der Waals surface area contributed by atoms with E-state index in [1.54, 1.807) is 0 Å². The summed E-state index contributed by atoms with van der Waals surface area (Å²) in [6.07, 6.45) is 0.665. The molecular formula is C20H24ClFN2O2. The van der Waals surface area contributed by atoms with Gasteiger partial charge in [-0.1, -0.05) is 44.5 Å². The Morgan fingerprint density at radius 3 is 2.46 bits per heavy atom. The molecule has 2 N–H and O–H groups in total. The lowest BCUT2D eigenvalue weighted by Gasteiger charge is -2.19. The van der Waals surface area contributed by atoms with Crippen molar-refractivity contribution in [3.05, 3.63) is 58.9 Å². The molecule has 4 nitrogen and oxygen atoms in total. The summed E-state index contributed by atoms with van der Waals surface area (Å²) in [7, 11) is 0. The van der Waals surface area contributed by atoms with E-state index in [1.165, 1.54) is 23.8 Å². The molecule has 0 saturated heterocycles. The fourth-order valence-corrected chi connectivity index (χ4v) is 2.44. The molecule has 0 atom stereocenters. The van der Waals surface area contributed by atoms with Crippen LogP contribution in [0.25, 0.3) is 0 Å². The van der Waals surface area contributed by atoms with Crippen LogP contribution in [0, 0.1) is 5.82 Å². The summed E-state index contributed by atoms with van der Waals surface area (Å²) in [5.74, 6) is 0.286. The Labute approximate surface area is 158 Å². The van der Waals surface area contributed by atoms with Crippen molar-refractivity contribution < 1.29 is 13.9 Å². The molecule has 0 aromatic heterocycles. The van der Waals surface area contributed by atoms with Gasteiger partial charge in [-0.15, -0.1) is 0 Å². The topological polar surface area (TPSA) is 50.4 Å². The largest absolute Gasteiger partial charge is 0.494 e. The third-order valence-corrected chi connectivity index (χ3v) is 4.06. The number of hydrogen-bond acceptors (Lipinski definition) is 2. The molecule has 0 heterocycles. The predicted molar refractivity (Wildman–Crippen MR) is 104 cm³/mol. The van der Waals surface area contributed by atoms with Crippen molar-refractivity contribution >= 4 is 23.3 Å². The van der Waals surface area contributed by atoms with Crippen LogP contribution in [0.2, 0.25) is 5.02 Å². The summed E-state index contributed by atoms with van der Waals surface area (Å²) in [4.78, 5) is 11.8. The Morgan fingerprint density at radius 1 is 1.15 bits per heavy atom. The number of nitrogens with one attached hydrogen (secondary N) is 2. The van der Waals surface area contributed by atoms with Crippen LogP contribution >= 0.6 is 11.6 Å². The quantitative estimate of drug-likeness (QED) is 0.664. The maximum absolute atomic E-state index is 13.1. The van der Waals surface area contributed by atoms with Gasteiger partial charge < -0.3 is 15.4 Å². The molecule has 0 bridgehead atoms. The van der Waals surface area contributed by atoms with E-state index < -0.39 is 5.82 Å². The zero-order chi connectivity index (χ0) is 19.2. The first-order valence-corrected chi connectivity index (χ1v) is 8.87. The minimum atomic E-state index is -0.523. The second kappa shape index (κ2) is 8.90. The Morgan fingerprint density at radius 2 is 1.85 bits per heavy atom. The molecule has 0 aliphatic carbocycles. The van der Waals surface area contributed by atoms with Crippen LogP contribution < -0.4 is 15.4 Å². The molecule has 2 aromatic carbocycles. The Kier molecular flexibility index (Phi) is 6.86. The first-order chi connectivity index (χ1) is 12.3. The third kappa shape index (κ3) is 6.23. The van der Waals surface area contributed by atoms with Crippen LogP contribution in [0.5, 0.6) is 5.75 Å². The minimum Gasteiger partial charge on any atom is -0.494 e. The van der Waals surface area contributed by atoms with Crippen molar-refractivity contribution in [2.75, 3.05) is 18.5 Å². The zero-order valence-electron chi connectivity index (χ0n) is 15.2. The minimum absolute atomic E-state index is 0.0336. The van der Waals surface area contributed by atoms with Crippen molar-refractivity contribution in [3.8, 4) is 5.75 Å². The third-order valence-electron chi connectivity index (χ3n) is 3.77. The van der Waals surface area contributed by atoms with Crippen molar-refractivity contribution in [2.24, 2.45) is 0 Å². The molecule has 2 amide bonds. The smallest absolute Gasteiger partial charge is 0.319 e. The van der Waals surface area contributed by atoms with Crippen LogP contribution in [0.4, 0.5) is 14.9 Å². The molecular weight excluding hydrogens is 355 g/mol. The van der Waals surface area contributed by atoms with E-state index in [0.717, 1.165) is 5.75 Å². The van der Waals surface area contributed by atoms with Crippen molar-refractivity contribution in [3.63, 3.8) is 0 Å². The van der Waals surface area contributed by atoms with E-state index in [2.05, 4.69) is 43.5 Å². The van der Waals surface area contributed by atoms with Gasteiger partial charge >= 0.3 is 6.03 Å². The lowest BCUT2D eigenvalue weighted by molar-refractivity contribution is 0.250. The summed E-state index contributed by atoms with van der Waals surface area (Å²) in [5.41, 5.74) is 1.80. The molecule has 0 spiro atoms. The van der Waals surface area contributed by atoms with E-state index >= 15 is 0 Å². The fourth-order valence-electron chi connectivity index (χ4n) is 2.26.